The zero-order valence-corrected chi connectivity index (χ0v) is 38.9. The minimum atomic E-state index is -0.636. The number of benzene rings is 4. The van der Waals surface area contributed by atoms with Crippen molar-refractivity contribution in [1.29, 1.82) is 0 Å². The standard InChI is InChI=1S/2C27H34N2O3/c2*1-19(2)23-16-10-8-12-20(3)32-25-17-11-9-15-22(25)27(31)29(4)24(26(30)28-23)18-21-13-6-5-7-14-21/h2*5-11,13-15,17,19-20,23-24H,12,16,18H2,1-4H3,(H,28,30)/b10-8+;10-8-/t2*20-,23+,24+/m00/s1. The van der Waals surface area contributed by atoms with Crippen molar-refractivity contribution in [2.24, 2.45) is 11.8 Å². The fourth-order valence-electron chi connectivity index (χ4n) is 7.79. The minimum Gasteiger partial charge on any atom is -0.490 e. The van der Waals surface area contributed by atoms with Gasteiger partial charge in [-0.1, -0.05) is 137 Å². The van der Waals surface area contributed by atoms with Gasteiger partial charge in [0.2, 0.25) is 11.8 Å². The third-order valence-corrected chi connectivity index (χ3v) is 11.9. The topological polar surface area (TPSA) is 117 Å². The van der Waals surface area contributed by atoms with Crippen LogP contribution in [-0.4, -0.2) is 83.9 Å². The van der Waals surface area contributed by atoms with Crippen molar-refractivity contribution in [1.82, 2.24) is 20.4 Å². The van der Waals surface area contributed by atoms with Gasteiger partial charge in [-0.2, -0.15) is 0 Å². The number of para-hydroxylation sites is 2. The van der Waals surface area contributed by atoms with Crippen molar-refractivity contribution in [3.05, 3.63) is 156 Å². The van der Waals surface area contributed by atoms with Crippen LogP contribution < -0.4 is 20.1 Å². The predicted octanol–water partition coefficient (Wildman–Crippen LogP) is 9.26. The Morgan fingerprint density at radius 3 is 1.19 bits per heavy atom. The Morgan fingerprint density at radius 2 is 0.828 bits per heavy atom. The van der Waals surface area contributed by atoms with Crippen LogP contribution in [0.25, 0.3) is 0 Å². The third-order valence-electron chi connectivity index (χ3n) is 11.9. The van der Waals surface area contributed by atoms with Gasteiger partial charge in [-0.3, -0.25) is 19.2 Å². The average Bonchev–Trinajstić information content (AvgIpc) is 3.29. The van der Waals surface area contributed by atoms with Crippen molar-refractivity contribution in [2.45, 2.75) is 116 Å². The van der Waals surface area contributed by atoms with Gasteiger partial charge in [0.1, 0.15) is 23.6 Å². The number of likely N-dealkylation sites (N-methyl/N-ethyl adjacent to an activating group) is 2. The maximum atomic E-state index is 13.5. The van der Waals surface area contributed by atoms with Crippen molar-refractivity contribution in [3.63, 3.8) is 0 Å². The number of carbonyl (C=O) groups is 4. The number of hydrogen-bond donors (Lipinski definition) is 2. The van der Waals surface area contributed by atoms with Gasteiger partial charge >= 0.3 is 0 Å². The molecule has 10 heteroatoms. The number of rotatable bonds is 6. The number of ether oxygens (including phenoxy) is 2. The highest BCUT2D eigenvalue weighted by Gasteiger charge is 2.33. The molecule has 2 aliphatic rings. The molecule has 0 radical (unpaired) electrons. The molecule has 0 fully saturated rings. The summed E-state index contributed by atoms with van der Waals surface area (Å²) in [5, 5.41) is 6.42. The van der Waals surface area contributed by atoms with E-state index >= 15 is 0 Å². The highest BCUT2D eigenvalue weighted by Crippen LogP contribution is 2.26. The summed E-state index contributed by atoms with van der Waals surface area (Å²) in [6.45, 7) is 12.4. The Morgan fingerprint density at radius 1 is 0.500 bits per heavy atom. The van der Waals surface area contributed by atoms with Crippen molar-refractivity contribution < 1.29 is 28.7 Å². The van der Waals surface area contributed by atoms with Crippen molar-refractivity contribution in [2.75, 3.05) is 14.1 Å². The molecule has 6 atom stereocenters. The predicted molar refractivity (Wildman–Crippen MR) is 255 cm³/mol. The normalized spacial score (nSPS) is 23.7. The highest BCUT2D eigenvalue weighted by atomic mass is 16.5. The molecule has 4 aromatic rings. The molecule has 4 amide bonds. The van der Waals surface area contributed by atoms with Crippen LogP contribution in [0.1, 0.15) is 99.1 Å². The first kappa shape index (κ1) is 48.9. The monoisotopic (exact) mass is 869 g/mol. The molecule has 6 rings (SSSR count). The van der Waals surface area contributed by atoms with E-state index in [2.05, 4.69) is 62.6 Å². The fourth-order valence-corrected chi connectivity index (χ4v) is 7.79. The quantitative estimate of drug-likeness (QED) is 0.187. The largest absolute Gasteiger partial charge is 0.490 e. The molecule has 0 unspecified atom stereocenters. The second-order valence-corrected chi connectivity index (χ2v) is 17.7. The van der Waals surface area contributed by atoms with E-state index in [1.54, 1.807) is 36.0 Å². The third kappa shape index (κ3) is 13.9. The molecular weight excluding hydrogens is 801 g/mol. The smallest absolute Gasteiger partial charge is 0.258 e. The van der Waals surface area contributed by atoms with E-state index in [1.165, 1.54) is 0 Å². The van der Waals surface area contributed by atoms with E-state index < -0.39 is 12.1 Å². The van der Waals surface area contributed by atoms with Crippen LogP contribution in [0, 0.1) is 11.8 Å². The van der Waals surface area contributed by atoms with E-state index in [0.717, 1.165) is 36.8 Å². The first-order valence-corrected chi connectivity index (χ1v) is 22.8. The Bertz CT molecular complexity index is 2030. The van der Waals surface area contributed by atoms with Gasteiger partial charge in [0.05, 0.1) is 23.3 Å². The highest BCUT2D eigenvalue weighted by molar-refractivity contribution is 6.00. The number of fused-ring (bicyclic) bond motifs is 2. The Hall–Kier alpha value is -6.16. The van der Waals surface area contributed by atoms with Crippen LogP contribution in [0.15, 0.2) is 133 Å². The Kier molecular flexibility index (Phi) is 18.4. The number of amides is 4. The summed E-state index contributed by atoms with van der Waals surface area (Å²) in [5.41, 5.74) is 2.95. The zero-order valence-electron chi connectivity index (χ0n) is 38.9. The number of hydrogen-bond acceptors (Lipinski definition) is 6. The summed E-state index contributed by atoms with van der Waals surface area (Å²) < 4.78 is 12.2. The first-order valence-electron chi connectivity index (χ1n) is 22.8. The van der Waals surface area contributed by atoms with Crippen LogP contribution in [-0.2, 0) is 22.4 Å². The van der Waals surface area contributed by atoms with Gasteiger partial charge in [0.15, 0.2) is 0 Å². The lowest BCUT2D eigenvalue weighted by molar-refractivity contribution is -0.127. The number of nitrogens with one attached hydrogen (secondary N) is 2. The molecule has 2 N–H and O–H groups in total. The van der Waals surface area contributed by atoms with Crippen LogP contribution in [0.2, 0.25) is 0 Å². The lowest BCUT2D eigenvalue weighted by atomic mass is 9.98. The molecule has 10 nitrogen and oxygen atoms in total. The lowest BCUT2D eigenvalue weighted by Gasteiger charge is -2.31. The van der Waals surface area contributed by atoms with Crippen molar-refractivity contribution >= 4 is 23.6 Å². The van der Waals surface area contributed by atoms with E-state index in [0.29, 0.717) is 35.5 Å². The zero-order chi connectivity index (χ0) is 46.2. The van der Waals surface area contributed by atoms with E-state index in [-0.39, 0.29) is 59.8 Å². The van der Waals surface area contributed by atoms with Gasteiger partial charge in [0, 0.05) is 51.9 Å². The van der Waals surface area contributed by atoms with Crippen LogP contribution in [0.4, 0.5) is 0 Å². The number of nitrogens with zero attached hydrogens (tertiary/aromatic N) is 2. The number of carbonyl (C=O) groups excluding carboxylic acids is 4. The van der Waals surface area contributed by atoms with Gasteiger partial charge < -0.3 is 29.9 Å². The Balaban J connectivity index is 0.000000241. The Labute approximate surface area is 381 Å². The van der Waals surface area contributed by atoms with Crippen LogP contribution in [0.5, 0.6) is 11.5 Å². The summed E-state index contributed by atoms with van der Waals surface area (Å²) in [7, 11) is 3.40. The molecule has 0 aromatic heterocycles. The van der Waals surface area contributed by atoms with Crippen molar-refractivity contribution in [3.8, 4) is 11.5 Å². The molecule has 2 heterocycles. The summed E-state index contributed by atoms with van der Waals surface area (Å²) in [4.78, 5) is 57.1. The molecule has 0 bridgehead atoms. The molecular formula is C54H68N4O6. The maximum absolute atomic E-state index is 13.5. The first-order chi connectivity index (χ1) is 30.7. The fraction of sp³-hybridized carbons (Fsp3) is 0.407. The summed E-state index contributed by atoms with van der Waals surface area (Å²) in [6, 6.07) is 32.9. The molecule has 0 saturated carbocycles. The van der Waals surface area contributed by atoms with Crippen LogP contribution >= 0.6 is 0 Å². The molecule has 64 heavy (non-hydrogen) atoms. The lowest BCUT2D eigenvalue weighted by Crippen LogP contribution is -2.52. The molecule has 0 spiro atoms. The van der Waals surface area contributed by atoms with E-state index in [4.69, 9.17) is 9.47 Å². The summed E-state index contributed by atoms with van der Waals surface area (Å²) >= 11 is 0. The maximum Gasteiger partial charge on any atom is 0.258 e. The van der Waals surface area contributed by atoms with Gasteiger partial charge in [-0.05, 0) is 73.9 Å². The second-order valence-electron chi connectivity index (χ2n) is 17.7. The van der Waals surface area contributed by atoms with Gasteiger partial charge in [0.25, 0.3) is 11.8 Å². The summed E-state index contributed by atoms with van der Waals surface area (Å²) in [5.74, 6) is 0.896. The second kappa shape index (κ2) is 24.1. The minimum absolute atomic E-state index is 0.00743. The average molecular weight is 869 g/mol. The molecule has 0 aliphatic carbocycles. The van der Waals surface area contributed by atoms with E-state index in [9.17, 15) is 19.2 Å². The van der Waals surface area contributed by atoms with Gasteiger partial charge in [-0.25, -0.2) is 0 Å². The molecule has 0 saturated heterocycles. The SMILES string of the molecule is CC(C)[C@H]1C/C=C/C[C@H](C)Oc2ccccc2C(=O)N(C)[C@H](Cc2ccccc2)C(=O)N1.CC(C)[C@H]1C/C=C\C[C@H](C)Oc2ccccc2C(=O)N(C)[C@H](Cc2ccccc2)C(=O)N1. The molecule has 4 aromatic carbocycles. The molecule has 340 valence electrons. The summed E-state index contributed by atoms with van der Waals surface area (Å²) in [6.07, 6.45) is 12.1. The van der Waals surface area contributed by atoms with E-state index in [1.807, 2.05) is 111 Å². The van der Waals surface area contributed by atoms with Gasteiger partial charge in [-0.15, -0.1) is 0 Å². The van der Waals surface area contributed by atoms with Crippen LogP contribution in [0.3, 0.4) is 0 Å². The molecule has 2 aliphatic heterocycles.